The number of carbonyl (C=O) groups excluding carboxylic acids is 2. The van der Waals surface area contributed by atoms with Crippen molar-refractivity contribution in [2.75, 3.05) is 37.6 Å². The van der Waals surface area contributed by atoms with Crippen LogP contribution in [0.1, 0.15) is 30.9 Å². The molecule has 2 aliphatic rings. The minimum Gasteiger partial charge on any atom is -0.352 e. The standard InChI is InChI=1S/C22H24Cl2N4O2/c23-17-14-18(24)21(25-15-17)26-10-12-27(13-11-26)22(30)20(16-6-2-1-3-7-16)28-9-5-4-8-19(28)29/h1-3,6-7,14-15,20H,4-5,8-13H2. The zero-order valence-corrected chi connectivity index (χ0v) is 18.1. The molecule has 3 heterocycles. The van der Waals surface area contributed by atoms with Crippen LogP contribution in [0.25, 0.3) is 0 Å². The lowest BCUT2D eigenvalue weighted by Gasteiger charge is -2.40. The number of likely N-dealkylation sites (tertiary alicyclic amines) is 1. The SMILES string of the molecule is O=C(C(c1ccccc1)N1CCCCC1=O)N1CCN(c2ncc(Cl)cc2Cl)CC1. The summed E-state index contributed by atoms with van der Waals surface area (Å²) in [7, 11) is 0. The first kappa shape index (κ1) is 20.9. The third-order valence-electron chi connectivity index (χ3n) is 5.70. The topological polar surface area (TPSA) is 56.8 Å². The maximum atomic E-state index is 13.6. The molecule has 0 bridgehead atoms. The van der Waals surface area contributed by atoms with Gasteiger partial charge in [-0.1, -0.05) is 53.5 Å². The summed E-state index contributed by atoms with van der Waals surface area (Å²) in [6, 6.07) is 10.7. The lowest BCUT2D eigenvalue weighted by Crippen LogP contribution is -2.53. The van der Waals surface area contributed by atoms with E-state index in [0.29, 0.717) is 55.0 Å². The van der Waals surface area contributed by atoms with Gasteiger partial charge in [0, 0.05) is 45.3 Å². The van der Waals surface area contributed by atoms with Crippen LogP contribution in [0, 0.1) is 0 Å². The number of piperidine rings is 1. The van der Waals surface area contributed by atoms with Gasteiger partial charge in [0.15, 0.2) is 0 Å². The first-order chi connectivity index (χ1) is 14.5. The van der Waals surface area contributed by atoms with Crippen molar-refractivity contribution in [1.82, 2.24) is 14.8 Å². The summed E-state index contributed by atoms with van der Waals surface area (Å²) >= 11 is 12.2. The van der Waals surface area contributed by atoms with Gasteiger partial charge in [-0.2, -0.15) is 0 Å². The molecule has 158 valence electrons. The number of carbonyl (C=O) groups is 2. The maximum Gasteiger partial charge on any atom is 0.250 e. The van der Waals surface area contributed by atoms with E-state index in [-0.39, 0.29) is 11.8 Å². The molecule has 1 unspecified atom stereocenters. The molecule has 1 aromatic heterocycles. The molecule has 2 fully saturated rings. The number of halogens is 2. The average molecular weight is 447 g/mol. The largest absolute Gasteiger partial charge is 0.352 e. The van der Waals surface area contributed by atoms with E-state index >= 15 is 0 Å². The first-order valence-corrected chi connectivity index (χ1v) is 11.0. The van der Waals surface area contributed by atoms with Crippen LogP contribution in [-0.4, -0.2) is 59.3 Å². The number of rotatable bonds is 4. The van der Waals surface area contributed by atoms with Crippen LogP contribution in [0.5, 0.6) is 0 Å². The molecule has 30 heavy (non-hydrogen) atoms. The Balaban J connectivity index is 1.51. The minimum absolute atomic E-state index is 0.0220. The Bertz CT molecular complexity index is 917. The Hall–Kier alpha value is -2.31. The molecule has 4 rings (SSSR count). The fourth-order valence-electron chi connectivity index (χ4n) is 4.14. The van der Waals surface area contributed by atoms with Gasteiger partial charge >= 0.3 is 0 Å². The van der Waals surface area contributed by atoms with Crippen LogP contribution < -0.4 is 4.90 Å². The predicted molar refractivity (Wildman–Crippen MR) is 118 cm³/mol. The normalized spacial score (nSPS) is 18.5. The van der Waals surface area contributed by atoms with E-state index in [2.05, 4.69) is 9.88 Å². The molecular weight excluding hydrogens is 423 g/mol. The number of hydrogen-bond acceptors (Lipinski definition) is 4. The summed E-state index contributed by atoms with van der Waals surface area (Å²) in [6.07, 6.45) is 3.90. The lowest BCUT2D eigenvalue weighted by molar-refractivity contribution is -0.148. The Labute approximate surface area is 186 Å². The molecule has 0 saturated carbocycles. The highest BCUT2D eigenvalue weighted by Gasteiger charge is 2.36. The van der Waals surface area contributed by atoms with Crippen molar-refractivity contribution in [2.45, 2.75) is 25.3 Å². The number of piperazine rings is 1. The van der Waals surface area contributed by atoms with Crippen molar-refractivity contribution < 1.29 is 9.59 Å². The second-order valence-corrected chi connectivity index (χ2v) is 8.47. The van der Waals surface area contributed by atoms with Crippen LogP contribution in [-0.2, 0) is 9.59 Å². The molecule has 0 radical (unpaired) electrons. The second kappa shape index (κ2) is 9.23. The van der Waals surface area contributed by atoms with E-state index in [1.807, 2.05) is 35.2 Å². The van der Waals surface area contributed by atoms with Crippen molar-refractivity contribution in [3.05, 3.63) is 58.2 Å². The van der Waals surface area contributed by atoms with Crippen molar-refractivity contribution in [2.24, 2.45) is 0 Å². The Morgan fingerprint density at radius 1 is 1.00 bits per heavy atom. The number of benzene rings is 1. The number of amides is 2. The Morgan fingerprint density at radius 3 is 2.40 bits per heavy atom. The van der Waals surface area contributed by atoms with E-state index < -0.39 is 6.04 Å². The number of hydrogen-bond donors (Lipinski definition) is 0. The molecule has 8 heteroatoms. The van der Waals surface area contributed by atoms with Gasteiger partial charge in [0.2, 0.25) is 11.8 Å². The van der Waals surface area contributed by atoms with Gasteiger partial charge in [-0.05, 0) is 24.5 Å². The molecular formula is C22H24Cl2N4O2. The molecule has 2 aliphatic heterocycles. The van der Waals surface area contributed by atoms with E-state index in [1.165, 1.54) is 0 Å². The predicted octanol–water partition coefficient (Wildman–Crippen LogP) is 3.79. The molecule has 1 atom stereocenters. The van der Waals surface area contributed by atoms with Crippen LogP contribution in [0.2, 0.25) is 10.0 Å². The molecule has 6 nitrogen and oxygen atoms in total. The van der Waals surface area contributed by atoms with Crippen LogP contribution in [0.3, 0.4) is 0 Å². The van der Waals surface area contributed by atoms with Gasteiger partial charge in [0.25, 0.3) is 0 Å². The summed E-state index contributed by atoms with van der Waals surface area (Å²) in [5, 5.41) is 0.998. The fourth-order valence-corrected chi connectivity index (χ4v) is 4.64. The number of aromatic nitrogens is 1. The van der Waals surface area contributed by atoms with E-state index in [9.17, 15) is 9.59 Å². The van der Waals surface area contributed by atoms with E-state index in [1.54, 1.807) is 17.2 Å². The lowest BCUT2D eigenvalue weighted by atomic mass is 9.99. The van der Waals surface area contributed by atoms with Gasteiger partial charge in [-0.15, -0.1) is 0 Å². The number of nitrogens with zero attached hydrogens (tertiary/aromatic N) is 4. The zero-order chi connectivity index (χ0) is 21.1. The van der Waals surface area contributed by atoms with Gasteiger partial charge in [0.1, 0.15) is 11.9 Å². The third kappa shape index (κ3) is 4.40. The van der Waals surface area contributed by atoms with Gasteiger partial charge in [-0.3, -0.25) is 9.59 Å². The first-order valence-electron chi connectivity index (χ1n) is 10.2. The quantitative estimate of drug-likeness (QED) is 0.716. The molecule has 0 N–H and O–H groups in total. The second-order valence-electron chi connectivity index (χ2n) is 7.63. The summed E-state index contributed by atoms with van der Waals surface area (Å²) < 4.78 is 0. The Morgan fingerprint density at radius 2 is 1.73 bits per heavy atom. The van der Waals surface area contributed by atoms with Crippen molar-refractivity contribution in [3.63, 3.8) is 0 Å². The molecule has 2 saturated heterocycles. The fraction of sp³-hybridized carbons (Fsp3) is 0.409. The molecule has 2 amide bonds. The summed E-state index contributed by atoms with van der Waals surface area (Å²) in [4.78, 5) is 36.2. The van der Waals surface area contributed by atoms with Crippen LogP contribution >= 0.6 is 23.2 Å². The number of anilines is 1. The van der Waals surface area contributed by atoms with Crippen LogP contribution in [0.4, 0.5) is 5.82 Å². The molecule has 2 aromatic rings. The molecule has 0 aliphatic carbocycles. The van der Waals surface area contributed by atoms with E-state index in [0.717, 1.165) is 18.4 Å². The highest BCUT2D eigenvalue weighted by Crippen LogP contribution is 2.30. The average Bonchev–Trinajstić information content (AvgIpc) is 2.76. The van der Waals surface area contributed by atoms with Gasteiger partial charge in [0.05, 0.1) is 10.0 Å². The monoisotopic (exact) mass is 446 g/mol. The summed E-state index contributed by atoms with van der Waals surface area (Å²) in [6.45, 7) is 2.95. The zero-order valence-electron chi connectivity index (χ0n) is 16.6. The molecule has 1 aromatic carbocycles. The van der Waals surface area contributed by atoms with Crippen molar-refractivity contribution in [1.29, 1.82) is 0 Å². The summed E-state index contributed by atoms with van der Waals surface area (Å²) in [5.74, 6) is 0.712. The molecule has 0 spiro atoms. The maximum absolute atomic E-state index is 13.6. The Kier molecular flexibility index (Phi) is 6.44. The smallest absolute Gasteiger partial charge is 0.250 e. The van der Waals surface area contributed by atoms with Gasteiger partial charge < -0.3 is 14.7 Å². The van der Waals surface area contributed by atoms with Crippen molar-refractivity contribution in [3.8, 4) is 0 Å². The van der Waals surface area contributed by atoms with Crippen LogP contribution in [0.15, 0.2) is 42.6 Å². The highest BCUT2D eigenvalue weighted by molar-refractivity contribution is 6.36. The van der Waals surface area contributed by atoms with Crippen molar-refractivity contribution >= 4 is 40.8 Å². The van der Waals surface area contributed by atoms with Gasteiger partial charge in [-0.25, -0.2) is 4.98 Å². The highest BCUT2D eigenvalue weighted by atomic mass is 35.5. The van der Waals surface area contributed by atoms with E-state index in [4.69, 9.17) is 23.2 Å². The number of pyridine rings is 1. The summed E-state index contributed by atoms with van der Waals surface area (Å²) in [5.41, 5.74) is 0.864. The third-order valence-corrected chi connectivity index (χ3v) is 6.19. The minimum atomic E-state index is -0.567.